The Morgan fingerprint density at radius 2 is 1.66 bits per heavy atom. The molecule has 8 heteroatoms. The Morgan fingerprint density at radius 1 is 0.976 bits per heavy atom. The summed E-state index contributed by atoms with van der Waals surface area (Å²) in [5.74, 6) is -0.462. The Kier molecular flexibility index (Phi) is 8.67. The largest absolute Gasteiger partial charge is 0.490 e. The number of carboxylic acids is 2. The van der Waals surface area contributed by atoms with Crippen LogP contribution in [0.15, 0.2) is 78.9 Å². The lowest BCUT2D eigenvalue weighted by Crippen LogP contribution is -2.06. The number of benzene rings is 3. The minimum Gasteiger partial charge on any atom is -0.490 e. The highest BCUT2D eigenvalue weighted by atomic mass is 16.5. The summed E-state index contributed by atoms with van der Waals surface area (Å²) in [4.78, 5) is 21.6. The third kappa shape index (κ3) is 6.95. The number of rotatable bonds is 12. The number of hydrogen-bond donors (Lipinski definition) is 2. The number of carbonyl (C=O) groups is 2. The number of aromatic nitrogens is 2. The third-order valence-electron chi connectivity index (χ3n) is 7.51. The molecule has 0 amide bonds. The maximum Gasteiger partial charge on any atom is 0.328 e. The number of fused-ring (bicyclic) bond motifs is 1. The second-order valence-corrected chi connectivity index (χ2v) is 10.5. The number of nitrogens with zero attached hydrogens (tertiary/aromatic N) is 2. The SMILES string of the molecule is CC(CC(=O)O)c1ccc(OCc2ccc3c(-c4ccc(OC/C=C/C(=O)O)cc4)nn(C4CCCC4)c3c2)cc1. The van der Waals surface area contributed by atoms with Crippen molar-refractivity contribution in [1.29, 1.82) is 0 Å². The van der Waals surface area contributed by atoms with Crippen LogP contribution in [-0.4, -0.2) is 38.5 Å². The summed E-state index contributed by atoms with van der Waals surface area (Å²) < 4.78 is 13.9. The molecule has 0 bridgehead atoms. The molecule has 1 unspecified atom stereocenters. The smallest absolute Gasteiger partial charge is 0.328 e. The van der Waals surface area contributed by atoms with E-state index in [4.69, 9.17) is 24.8 Å². The minimum atomic E-state index is -0.998. The molecule has 0 saturated heterocycles. The van der Waals surface area contributed by atoms with Gasteiger partial charge in [-0.1, -0.05) is 44.0 Å². The van der Waals surface area contributed by atoms with Gasteiger partial charge in [0.25, 0.3) is 0 Å². The standard InChI is InChI=1S/C33H34N2O6/c1-22(19-32(38)39)24-9-13-28(14-10-24)41-21-23-8-17-29-30(20-23)35(26-5-2-3-6-26)34-33(29)25-11-15-27(16-12-25)40-18-4-7-31(36)37/h4,7-17,20,22,26H,2-3,5-6,18-19,21H2,1H3,(H,36,37)(H,38,39)/b7-4+. The van der Waals surface area contributed by atoms with Gasteiger partial charge < -0.3 is 19.7 Å². The van der Waals surface area contributed by atoms with E-state index in [-0.39, 0.29) is 18.9 Å². The van der Waals surface area contributed by atoms with Crippen molar-refractivity contribution in [1.82, 2.24) is 9.78 Å². The van der Waals surface area contributed by atoms with E-state index in [1.807, 2.05) is 55.5 Å². The molecular weight excluding hydrogens is 520 g/mol. The molecule has 1 saturated carbocycles. The Morgan fingerprint density at radius 3 is 2.34 bits per heavy atom. The van der Waals surface area contributed by atoms with E-state index in [1.165, 1.54) is 18.9 Å². The van der Waals surface area contributed by atoms with Gasteiger partial charge in [0, 0.05) is 17.0 Å². The first kappa shape index (κ1) is 28.0. The first-order valence-corrected chi connectivity index (χ1v) is 14.0. The highest BCUT2D eigenvalue weighted by Crippen LogP contribution is 2.36. The molecule has 41 heavy (non-hydrogen) atoms. The van der Waals surface area contributed by atoms with Crippen LogP contribution < -0.4 is 9.47 Å². The van der Waals surface area contributed by atoms with E-state index in [1.54, 1.807) is 0 Å². The van der Waals surface area contributed by atoms with Crippen molar-refractivity contribution >= 4 is 22.8 Å². The fourth-order valence-corrected chi connectivity index (χ4v) is 5.35. The Bertz CT molecular complexity index is 1530. The predicted molar refractivity (Wildman–Crippen MR) is 156 cm³/mol. The van der Waals surface area contributed by atoms with Crippen LogP contribution in [0.25, 0.3) is 22.2 Å². The van der Waals surface area contributed by atoms with E-state index >= 15 is 0 Å². The first-order valence-electron chi connectivity index (χ1n) is 14.0. The molecule has 8 nitrogen and oxygen atoms in total. The van der Waals surface area contributed by atoms with Gasteiger partial charge >= 0.3 is 11.9 Å². The van der Waals surface area contributed by atoms with E-state index in [0.29, 0.717) is 18.4 Å². The van der Waals surface area contributed by atoms with E-state index in [2.05, 4.69) is 22.9 Å². The molecule has 2 N–H and O–H groups in total. The summed E-state index contributed by atoms with van der Waals surface area (Å²) in [6, 6.07) is 22.1. The molecular formula is C33H34N2O6. The summed E-state index contributed by atoms with van der Waals surface area (Å²) in [5.41, 5.74) is 5.02. The molecule has 0 radical (unpaired) electrons. The Labute approximate surface area is 238 Å². The zero-order chi connectivity index (χ0) is 28.8. The average molecular weight is 555 g/mol. The summed E-state index contributed by atoms with van der Waals surface area (Å²) >= 11 is 0. The molecule has 4 aromatic rings. The molecule has 1 aliphatic rings. The van der Waals surface area contributed by atoms with Gasteiger partial charge in [-0.15, -0.1) is 0 Å². The highest BCUT2D eigenvalue weighted by Gasteiger charge is 2.22. The molecule has 0 aliphatic heterocycles. The van der Waals surface area contributed by atoms with Crippen LogP contribution >= 0.6 is 0 Å². The maximum atomic E-state index is 11.0. The lowest BCUT2D eigenvalue weighted by Gasteiger charge is -2.13. The van der Waals surface area contributed by atoms with Crippen molar-refractivity contribution < 1.29 is 29.3 Å². The second-order valence-electron chi connectivity index (χ2n) is 10.5. The topological polar surface area (TPSA) is 111 Å². The van der Waals surface area contributed by atoms with Gasteiger partial charge in [-0.05, 0) is 78.4 Å². The maximum absolute atomic E-state index is 11.0. The van der Waals surface area contributed by atoms with Crippen LogP contribution in [0.2, 0.25) is 0 Å². The normalized spacial score (nSPS) is 14.5. The van der Waals surface area contributed by atoms with Crippen LogP contribution in [0.4, 0.5) is 0 Å². The fourth-order valence-electron chi connectivity index (χ4n) is 5.35. The van der Waals surface area contributed by atoms with E-state index < -0.39 is 11.9 Å². The van der Waals surface area contributed by atoms with Crippen molar-refractivity contribution in [3.8, 4) is 22.8 Å². The molecule has 3 aromatic carbocycles. The molecule has 1 aromatic heterocycles. The summed E-state index contributed by atoms with van der Waals surface area (Å²) in [6.45, 7) is 2.50. The number of aliphatic carboxylic acids is 2. The van der Waals surface area contributed by atoms with Gasteiger partial charge in [-0.2, -0.15) is 5.10 Å². The van der Waals surface area contributed by atoms with Gasteiger partial charge in [0.2, 0.25) is 0 Å². The average Bonchev–Trinajstić information content (AvgIpc) is 3.62. The van der Waals surface area contributed by atoms with Gasteiger partial charge in [0.05, 0.1) is 18.0 Å². The van der Waals surface area contributed by atoms with Crippen LogP contribution in [-0.2, 0) is 16.2 Å². The Hall–Kier alpha value is -4.59. The number of hydrogen-bond acceptors (Lipinski definition) is 5. The van der Waals surface area contributed by atoms with Crippen molar-refractivity contribution in [2.45, 2.75) is 57.6 Å². The molecule has 0 spiro atoms. The summed E-state index contributed by atoms with van der Waals surface area (Å²) in [7, 11) is 0. The summed E-state index contributed by atoms with van der Waals surface area (Å²) in [5, 5.41) is 23.9. The predicted octanol–water partition coefficient (Wildman–Crippen LogP) is 7.00. The molecule has 1 fully saturated rings. The fraction of sp³-hybridized carbons (Fsp3) is 0.303. The van der Waals surface area contributed by atoms with Crippen molar-refractivity contribution in [3.05, 3.63) is 90.0 Å². The molecule has 1 atom stereocenters. The molecule has 212 valence electrons. The van der Waals surface area contributed by atoms with Crippen LogP contribution in [0.1, 0.15) is 62.1 Å². The van der Waals surface area contributed by atoms with E-state index in [0.717, 1.165) is 58.0 Å². The zero-order valence-electron chi connectivity index (χ0n) is 23.0. The molecule has 1 heterocycles. The third-order valence-corrected chi connectivity index (χ3v) is 7.51. The second kappa shape index (κ2) is 12.7. The van der Waals surface area contributed by atoms with Crippen molar-refractivity contribution in [2.24, 2.45) is 0 Å². The number of ether oxygens (including phenoxy) is 2. The monoisotopic (exact) mass is 554 g/mol. The van der Waals surface area contributed by atoms with Crippen molar-refractivity contribution in [2.75, 3.05) is 6.61 Å². The van der Waals surface area contributed by atoms with Gasteiger partial charge in [0.15, 0.2) is 0 Å². The first-order chi connectivity index (χ1) is 19.9. The lowest BCUT2D eigenvalue weighted by atomic mass is 9.98. The minimum absolute atomic E-state index is 0.0567. The van der Waals surface area contributed by atoms with Crippen LogP contribution in [0, 0.1) is 0 Å². The summed E-state index contributed by atoms with van der Waals surface area (Å²) in [6.07, 6.45) is 7.26. The van der Waals surface area contributed by atoms with Crippen molar-refractivity contribution in [3.63, 3.8) is 0 Å². The molecule has 1 aliphatic carbocycles. The van der Waals surface area contributed by atoms with Gasteiger partial charge in [0.1, 0.15) is 30.4 Å². The Balaban J connectivity index is 1.34. The highest BCUT2D eigenvalue weighted by molar-refractivity contribution is 5.94. The van der Waals surface area contributed by atoms with Gasteiger partial charge in [-0.3, -0.25) is 9.48 Å². The van der Waals surface area contributed by atoms with Gasteiger partial charge in [-0.25, -0.2) is 4.79 Å². The lowest BCUT2D eigenvalue weighted by molar-refractivity contribution is -0.137. The quantitative estimate of drug-likeness (QED) is 0.182. The van der Waals surface area contributed by atoms with Crippen LogP contribution in [0.5, 0.6) is 11.5 Å². The zero-order valence-corrected chi connectivity index (χ0v) is 23.0. The molecule has 5 rings (SSSR count). The number of carboxylic acid groups (broad SMARTS) is 2. The van der Waals surface area contributed by atoms with Crippen LogP contribution in [0.3, 0.4) is 0 Å². The van der Waals surface area contributed by atoms with E-state index in [9.17, 15) is 9.59 Å².